The van der Waals surface area contributed by atoms with E-state index in [-0.39, 0.29) is 11.4 Å². The van der Waals surface area contributed by atoms with Gasteiger partial charge in [0.25, 0.3) is 0 Å². The molecule has 0 fully saturated rings. The van der Waals surface area contributed by atoms with Gasteiger partial charge in [-0.15, -0.1) is 0 Å². The molecule has 0 saturated heterocycles. The third-order valence-electron chi connectivity index (χ3n) is 1.59. The van der Waals surface area contributed by atoms with Gasteiger partial charge in [0.2, 0.25) is 10.0 Å². The monoisotopic (exact) mass is 216 g/mol. The number of phenols is 1. The average molecular weight is 216 g/mol. The molecule has 78 valence electrons. The van der Waals surface area contributed by atoms with Crippen LogP contribution in [0, 0.1) is 0 Å². The third-order valence-corrected chi connectivity index (χ3v) is 2.18. The Labute approximate surface area is 82.6 Å². The lowest BCUT2D eigenvalue weighted by atomic mass is 10.2. The summed E-state index contributed by atoms with van der Waals surface area (Å²) < 4.78 is 23.9. The van der Waals surface area contributed by atoms with E-state index in [9.17, 15) is 13.5 Å². The van der Waals surface area contributed by atoms with Crippen molar-refractivity contribution >= 4 is 15.7 Å². The number of hydrogen-bond acceptors (Lipinski definition) is 4. The molecule has 0 aliphatic rings. The van der Waals surface area contributed by atoms with Crippen LogP contribution in [0.5, 0.6) is 5.75 Å². The quantitative estimate of drug-likeness (QED) is 0.630. The summed E-state index contributed by atoms with van der Waals surface area (Å²) in [5.74, 6) is -0.127. The second-order valence-corrected chi connectivity index (χ2v) is 4.68. The van der Waals surface area contributed by atoms with Gasteiger partial charge in [-0.2, -0.15) is 0 Å². The molecule has 6 heteroatoms. The van der Waals surface area contributed by atoms with Crippen LogP contribution < -0.4 is 10.5 Å². The predicted octanol–water partition coefficient (Wildman–Crippen LogP) is 0.222. The number of hydrogen-bond donors (Lipinski definition) is 3. The highest BCUT2D eigenvalue weighted by Gasteiger charge is 2.06. The maximum absolute atomic E-state index is 10.9. The fraction of sp³-hybridized carbons (Fsp3) is 0.250. The summed E-state index contributed by atoms with van der Waals surface area (Å²) in [4.78, 5) is 0. The van der Waals surface area contributed by atoms with Gasteiger partial charge in [-0.1, -0.05) is 6.07 Å². The smallest absolute Gasteiger partial charge is 0.229 e. The van der Waals surface area contributed by atoms with Crippen LogP contribution in [0.1, 0.15) is 5.56 Å². The zero-order valence-corrected chi connectivity index (χ0v) is 8.50. The normalized spacial score (nSPS) is 11.3. The molecular formula is C8H12N2O3S. The number of nitrogens with one attached hydrogen (secondary N) is 1. The largest absolute Gasteiger partial charge is 0.506 e. The molecule has 0 radical (unpaired) electrons. The molecule has 0 saturated carbocycles. The van der Waals surface area contributed by atoms with Gasteiger partial charge < -0.3 is 10.8 Å². The van der Waals surface area contributed by atoms with Crippen molar-refractivity contribution in [2.75, 3.05) is 11.0 Å². The number of aromatic hydroxyl groups is 1. The lowest BCUT2D eigenvalue weighted by Gasteiger charge is -2.07. The van der Waals surface area contributed by atoms with Crippen molar-refractivity contribution < 1.29 is 13.5 Å². The lowest BCUT2D eigenvalue weighted by Crippen LogP contribution is -2.09. The van der Waals surface area contributed by atoms with E-state index in [0.717, 1.165) is 11.8 Å². The predicted molar refractivity (Wildman–Crippen MR) is 54.5 cm³/mol. The van der Waals surface area contributed by atoms with Gasteiger partial charge in [0.1, 0.15) is 5.75 Å². The van der Waals surface area contributed by atoms with Crippen molar-refractivity contribution in [3.8, 4) is 5.75 Å². The molecule has 0 atom stereocenters. The summed E-state index contributed by atoms with van der Waals surface area (Å²) in [5, 5.41) is 9.40. The fourth-order valence-electron chi connectivity index (χ4n) is 0.990. The summed E-state index contributed by atoms with van der Waals surface area (Å²) >= 11 is 0. The summed E-state index contributed by atoms with van der Waals surface area (Å²) in [6, 6.07) is 4.54. The molecule has 1 aromatic rings. The molecule has 4 N–H and O–H groups in total. The molecule has 14 heavy (non-hydrogen) atoms. The van der Waals surface area contributed by atoms with Crippen molar-refractivity contribution in [1.82, 2.24) is 0 Å². The van der Waals surface area contributed by atoms with Crippen molar-refractivity contribution in [2.24, 2.45) is 5.73 Å². The fourth-order valence-corrected chi connectivity index (χ4v) is 1.56. The van der Waals surface area contributed by atoms with Gasteiger partial charge in [0.05, 0.1) is 11.9 Å². The standard InChI is InChI=1S/C8H12N2O3S/c1-14(12,13)10-7-3-2-6(5-9)4-8(7)11/h2-4,10-11H,5,9H2,1H3. The zero-order valence-electron chi connectivity index (χ0n) is 7.69. The van der Waals surface area contributed by atoms with Gasteiger partial charge in [0.15, 0.2) is 0 Å². The molecule has 5 nitrogen and oxygen atoms in total. The first-order valence-electron chi connectivity index (χ1n) is 3.92. The summed E-state index contributed by atoms with van der Waals surface area (Å²) in [7, 11) is -3.36. The average Bonchev–Trinajstić information content (AvgIpc) is 2.06. The highest BCUT2D eigenvalue weighted by molar-refractivity contribution is 7.92. The lowest BCUT2D eigenvalue weighted by molar-refractivity contribution is 0.477. The Bertz CT molecular complexity index is 428. The topological polar surface area (TPSA) is 92.4 Å². The second kappa shape index (κ2) is 3.85. The van der Waals surface area contributed by atoms with Crippen LogP contribution in [0.15, 0.2) is 18.2 Å². The van der Waals surface area contributed by atoms with E-state index in [1.54, 1.807) is 6.07 Å². The Morgan fingerprint density at radius 1 is 1.50 bits per heavy atom. The minimum atomic E-state index is -3.36. The summed E-state index contributed by atoms with van der Waals surface area (Å²) in [6.45, 7) is 0.298. The third kappa shape index (κ3) is 2.90. The van der Waals surface area contributed by atoms with Crippen LogP contribution in [0.25, 0.3) is 0 Å². The Balaban J connectivity index is 3.01. The molecule has 0 spiro atoms. The number of rotatable bonds is 3. The Kier molecular flexibility index (Phi) is 2.97. The molecule has 0 heterocycles. The molecule has 0 aliphatic carbocycles. The van der Waals surface area contributed by atoms with Gasteiger partial charge in [-0.05, 0) is 17.7 Å². The van der Waals surface area contributed by atoms with E-state index in [1.165, 1.54) is 12.1 Å². The van der Waals surface area contributed by atoms with Gasteiger partial charge in [-0.3, -0.25) is 4.72 Å². The molecule has 0 aliphatic heterocycles. The van der Waals surface area contributed by atoms with E-state index in [4.69, 9.17) is 5.73 Å². The highest BCUT2D eigenvalue weighted by Crippen LogP contribution is 2.24. The van der Waals surface area contributed by atoms with Gasteiger partial charge in [-0.25, -0.2) is 8.42 Å². The minimum absolute atomic E-state index is 0.127. The zero-order chi connectivity index (χ0) is 10.8. The van der Waals surface area contributed by atoms with Crippen molar-refractivity contribution in [1.29, 1.82) is 0 Å². The molecule has 0 unspecified atom stereocenters. The second-order valence-electron chi connectivity index (χ2n) is 2.93. The van der Waals surface area contributed by atoms with Crippen LogP contribution in [0.4, 0.5) is 5.69 Å². The van der Waals surface area contributed by atoms with E-state index in [1.807, 2.05) is 0 Å². The molecule has 1 rings (SSSR count). The van der Waals surface area contributed by atoms with E-state index in [0.29, 0.717) is 6.54 Å². The van der Waals surface area contributed by atoms with Crippen LogP contribution >= 0.6 is 0 Å². The van der Waals surface area contributed by atoms with Crippen LogP contribution in [0.2, 0.25) is 0 Å². The first-order valence-corrected chi connectivity index (χ1v) is 5.81. The Hall–Kier alpha value is -1.27. The number of nitrogens with two attached hydrogens (primary N) is 1. The highest BCUT2D eigenvalue weighted by atomic mass is 32.2. The van der Waals surface area contributed by atoms with Crippen LogP contribution in [-0.2, 0) is 16.6 Å². The van der Waals surface area contributed by atoms with Crippen molar-refractivity contribution in [2.45, 2.75) is 6.54 Å². The Morgan fingerprint density at radius 3 is 2.57 bits per heavy atom. The number of anilines is 1. The molecule has 0 aromatic heterocycles. The van der Waals surface area contributed by atoms with Crippen molar-refractivity contribution in [3.63, 3.8) is 0 Å². The minimum Gasteiger partial charge on any atom is -0.506 e. The van der Waals surface area contributed by atoms with Gasteiger partial charge >= 0.3 is 0 Å². The van der Waals surface area contributed by atoms with Crippen LogP contribution in [0.3, 0.4) is 0 Å². The molecule has 0 amide bonds. The summed E-state index contributed by atoms with van der Waals surface area (Å²) in [6.07, 6.45) is 1.02. The van der Waals surface area contributed by atoms with Gasteiger partial charge in [0, 0.05) is 6.54 Å². The maximum Gasteiger partial charge on any atom is 0.229 e. The van der Waals surface area contributed by atoms with Crippen LogP contribution in [-0.4, -0.2) is 19.8 Å². The summed E-state index contributed by atoms with van der Waals surface area (Å²) in [5.41, 5.74) is 6.24. The van der Waals surface area contributed by atoms with E-state index < -0.39 is 10.0 Å². The maximum atomic E-state index is 10.9. The Morgan fingerprint density at radius 2 is 2.14 bits per heavy atom. The first-order chi connectivity index (χ1) is 6.42. The number of benzene rings is 1. The first kappa shape index (κ1) is 10.8. The number of phenolic OH excluding ortho intramolecular Hbond substituents is 1. The van der Waals surface area contributed by atoms with E-state index >= 15 is 0 Å². The number of sulfonamides is 1. The molecule has 0 bridgehead atoms. The van der Waals surface area contributed by atoms with Crippen molar-refractivity contribution in [3.05, 3.63) is 23.8 Å². The SMILES string of the molecule is CS(=O)(=O)Nc1ccc(CN)cc1O. The molecular weight excluding hydrogens is 204 g/mol. The molecule has 1 aromatic carbocycles. The van der Waals surface area contributed by atoms with E-state index in [2.05, 4.69) is 4.72 Å².